The van der Waals surface area contributed by atoms with Crippen LogP contribution in [0.1, 0.15) is 11.1 Å². The van der Waals surface area contributed by atoms with E-state index in [-0.39, 0.29) is 6.03 Å². The lowest BCUT2D eigenvalue weighted by Crippen LogP contribution is -2.37. The Morgan fingerprint density at radius 1 is 1.26 bits per heavy atom. The van der Waals surface area contributed by atoms with E-state index in [1.807, 2.05) is 37.3 Å². The second-order valence-electron chi connectivity index (χ2n) is 4.12. The van der Waals surface area contributed by atoms with Crippen LogP contribution in [-0.2, 0) is 0 Å². The van der Waals surface area contributed by atoms with Gasteiger partial charge in [0.15, 0.2) is 0 Å². The summed E-state index contributed by atoms with van der Waals surface area (Å²) in [5.41, 5.74) is 2.25. The van der Waals surface area contributed by atoms with Gasteiger partial charge >= 0.3 is 6.03 Å². The second kappa shape index (κ2) is 7.93. The van der Waals surface area contributed by atoms with Crippen molar-refractivity contribution in [2.75, 3.05) is 13.1 Å². The molecule has 0 saturated carbocycles. The van der Waals surface area contributed by atoms with Crippen molar-refractivity contribution in [3.8, 4) is 0 Å². The molecule has 3 heteroatoms. The molecule has 0 heterocycles. The number of urea groups is 1. The molecule has 0 fully saturated rings. The van der Waals surface area contributed by atoms with Gasteiger partial charge in [-0.25, -0.2) is 4.79 Å². The predicted molar refractivity (Wildman–Crippen MR) is 80.7 cm³/mol. The number of hydrogen-bond donors (Lipinski definition) is 1. The first-order valence-corrected chi connectivity index (χ1v) is 6.18. The van der Waals surface area contributed by atoms with Gasteiger partial charge in [0.2, 0.25) is 0 Å². The Balaban J connectivity index is 2.59. The molecular weight excluding hydrogens is 236 g/mol. The zero-order chi connectivity index (χ0) is 14.1. The molecule has 0 aromatic heterocycles. The molecule has 0 aliphatic heterocycles. The Bertz CT molecular complexity index is 467. The lowest BCUT2D eigenvalue weighted by Gasteiger charge is -2.18. The van der Waals surface area contributed by atoms with E-state index >= 15 is 0 Å². The van der Waals surface area contributed by atoms with Crippen molar-refractivity contribution >= 4 is 12.1 Å². The molecule has 0 spiro atoms. The summed E-state index contributed by atoms with van der Waals surface area (Å²) in [4.78, 5) is 13.5. The summed E-state index contributed by atoms with van der Waals surface area (Å²) in [5.74, 6) is 0. The molecular formula is C16H20N2O. The van der Waals surface area contributed by atoms with Gasteiger partial charge in [0.1, 0.15) is 0 Å². The van der Waals surface area contributed by atoms with Crippen molar-refractivity contribution in [3.05, 3.63) is 66.9 Å². The minimum atomic E-state index is -0.162. The van der Waals surface area contributed by atoms with E-state index in [9.17, 15) is 4.79 Å². The molecule has 1 aromatic carbocycles. The van der Waals surface area contributed by atoms with Gasteiger partial charge in [-0.3, -0.25) is 0 Å². The summed E-state index contributed by atoms with van der Waals surface area (Å²) in [6.07, 6.45) is 6.92. The number of benzene rings is 1. The molecule has 0 bridgehead atoms. The lowest BCUT2D eigenvalue weighted by atomic mass is 10.1. The van der Waals surface area contributed by atoms with Crippen molar-refractivity contribution in [3.63, 3.8) is 0 Å². The van der Waals surface area contributed by atoms with Crippen LogP contribution in [-0.4, -0.2) is 24.0 Å². The summed E-state index contributed by atoms with van der Waals surface area (Å²) >= 11 is 0. The van der Waals surface area contributed by atoms with Crippen LogP contribution in [0.4, 0.5) is 4.79 Å². The maximum atomic E-state index is 11.9. The van der Waals surface area contributed by atoms with Crippen molar-refractivity contribution < 1.29 is 4.79 Å². The van der Waals surface area contributed by atoms with E-state index in [4.69, 9.17) is 0 Å². The van der Waals surface area contributed by atoms with Gasteiger partial charge < -0.3 is 10.2 Å². The normalized spacial score (nSPS) is 10.2. The van der Waals surface area contributed by atoms with Gasteiger partial charge in [-0.15, -0.1) is 13.2 Å². The Labute approximate surface area is 114 Å². The smallest absolute Gasteiger partial charge is 0.317 e. The van der Waals surface area contributed by atoms with Crippen LogP contribution in [0.15, 0.2) is 55.8 Å². The topological polar surface area (TPSA) is 32.3 Å². The standard InChI is InChI=1S/C16H20N2O/c1-4-12-18(13-5-2)16(19)17-11-10-15-9-7-6-8-14(15)3/h4-11H,1-2,12-13H2,3H3,(H,17,19)/b11-10+. The molecule has 0 unspecified atom stereocenters. The monoisotopic (exact) mass is 256 g/mol. The first-order valence-electron chi connectivity index (χ1n) is 6.18. The van der Waals surface area contributed by atoms with Crippen LogP contribution < -0.4 is 5.32 Å². The Hall–Kier alpha value is -2.29. The molecule has 1 N–H and O–H groups in total. The van der Waals surface area contributed by atoms with Gasteiger partial charge in [0.05, 0.1) is 0 Å². The van der Waals surface area contributed by atoms with Crippen molar-refractivity contribution in [2.45, 2.75) is 6.92 Å². The zero-order valence-corrected chi connectivity index (χ0v) is 11.3. The van der Waals surface area contributed by atoms with E-state index in [1.54, 1.807) is 23.3 Å². The van der Waals surface area contributed by atoms with Crippen LogP contribution >= 0.6 is 0 Å². The number of nitrogens with zero attached hydrogens (tertiary/aromatic N) is 1. The fourth-order valence-corrected chi connectivity index (χ4v) is 1.62. The van der Waals surface area contributed by atoms with Gasteiger partial charge in [0, 0.05) is 19.3 Å². The Morgan fingerprint density at radius 3 is 2.47 bits per heavy atom. The quantitative estimate of drug-likeness (QED) is 0.778. The third kappa shape index (κ3) is 4.84. The van der Waals surface area contributed by atoms with E-state index in [0.717, 1.165) is 5.56 Å². The third-order valence-corrected chi connectivity index (χ3v) is 2.64. The number of hydrogen-bond acceptors (Lipinski definition) is 1. The van der Waals surface area contributed by atoms with Gasteiger partial charge in [-0.2, -0.15) is 0 Å². The zero-order valence-electron chi connectivity index (χ0n) is 11.3. The molecule has 1 aromatic rings. The number of rotatable bonds is 6. The molecule has 0 radical (unpaired) electrons. The number of carbonyl (C=O) groups is 1. The van der Waals surface area contributed by atoms with E-state index < -0.39 is 0 Å². The van der Waals surface area contributed by atoms with Crippen LogP contribution in [0.3, 0.4) is 0 Å². The van der Waals surface area contributed by atoms with E-state index in [2.05, 4.69) is 18.5 Å². The Kier molecular flexibility index (Phi) is 6.16. The van der Waals surface area contributed by atoms with Gasteiger partial charge in [-0.05, 0) is 24.1 Å². The molecule has 100 valence electrons. The largest absolute Gasteiger partial charge is 0.321 e. The maximum absolute atomic E-state index is 11.9. The molecule has 0 aliphatic carbocycles. The summed E-state index contributed by atoms with van der Waals surface area (Å²) < 4.78 is 0. The highest BCUT2D eigenvalue weighted by Crippen LogP contribution is 2.08. The highest BCUT2D eigenvalue weighted by molar-refractivity contribution is 5.76. The van der Waals surface area contributed by atoms with Crippen molar-refractivity contribution in [2.24, 2.45) is 0 Å². The minimum Gasteiger partial charge on any atom is -0.317 e. The van der Waals surface area contributed by atoms with Gasteiger partial charge in [0.25, 0.3) is 0 Å². The van der Waals surface area contributed by atoms with E-state index in [1.165, 1.54) is 5.56 Å². The summed E-state index contributed by atoms with van der Waals surface area (Å²) in [5, 5.41) is 2.74. The number of nitrogens with one attached hydrogen (secondary N) is 1. The number of carbonyl (C=O) groups excluding carboxylic acids is 1. The first kappa shape index (κ1) is 14.8. The van der Waals surface area contributed by atoms with Crippen molar-refractivity contribution in [1.29, 1.82) is 0 Å². The van der Waals surface area contributed by atoms with Crippen LogP contribution in [0.5, 0.6) is 0 Å². The summed E-state index contributed by atoms with van der Waals surface area (Å²) in [6, 6.07) is 7.83. The SMILES string of the molecule is C=CCN(CC=C)C(=O)N/C=C/c1ccccc1C. The van der Waals surface area contributed by atoms with Crippen LogP contribution in [0.25, 0.3) is 6.08 Å². The molecule has 3 nitrogen and oxygen atoms in total. The second-order valence-corrected chi connectivity index (χ2v) is 4.12. The Morgan fingerprint density at radius 2 is 1.89 bits per heavy atom. The highest BCUT2D eigenvalue weighted by Gasteiger charge is 2.07. The molecule has 0 atom stereocenters. The average molecular weight is 256 g/mol. The summed E-state index contributed by atoms with van der Waals surface area (Å²) in [6.45, 7) is 10.3. The first-order chi connectivity index (χ1) is 9.19. The number of aryl methyl sites for hydroxylation is 1. The fourth-order valence-electron chi connectivity index (χ4n) is 1.62. The van der Waals surface area contributed by atoms with Crippen molar-refractivity contribution in [1.82, 2.24) is 10.2 Å². The maximum Gasteiger partial charge on any atom is 0.321 e. The lowest BCUT2D eigenvalue weighted by molar-refractivity contribution is 0.212. The predicted octanol–water partition coefficient (Wildman–Crippen LogP) is 3.35. The summed E-state index contributed by atoms with van der Waals surface area (Å²) in [7, 11) is 0. The third-order valence-electron chi connectivity index (χ3n) is 2.64. The fraction of sp³-hybridized carbons (Fsp3) is 0.188. The molecule has 0 aliphatic rings. The number of amides is 2. The van der Waals surface area contributed by atoms with Gasteiger partial charge in [-0.1, -0.05) is 36.4 Å². The minimum absolute atomic E-state index is 0.162. The highest BCUT2D eigenvalue weighted by atomic mass is 16.2. The molecule has 2 amide bonds. The van der Waals surface area contributed by atoms with Crippen LogP contribution in [0, 0.1) is 6.92 Å². The molecule has 19 heavy (non-hydrogen) atoms. The molecule has 0 saturated heterocycles. The van der Waals surface area contributed by atoms with E-state index in [0.29, 0.717) is 13.1 Å². The van der Waals surface area contributed by atoms with Crippen LogP contribution in [0.2, 0.25) is 0 Å². The average Bonchev–Trinajstić information content (AvgIpc) is 2.40. The molecule has 1 rings (SSSR count).